The SMILES string of the molecule is CCCCCCC(C)(F)C(=O)Oc1ccc(-c2ccccc2-c2ccc(CCCCC)cn2)cc1. The standard InChI is InChI=1S/C31H38FNO2/c1-4-6-8-12-22-31(3,32)30(34)35-26-19-17-25(18-20-26)27-14-10-11-15-28(27)29-21-16-24(23-33-29)13-9-7-5-2/h10-11,14-21,23H,4-9,12-13,22H2,1-3H3. The van der Waals surface area contributed by atoms with E-state index in [2.05, 4.69) is 38.1 Å². The number of rotatable bonds is 13. The molecule has 0 aliphatic rings. The maximum absolute atomic E-state index is 14.8. The van der Waals surface area contributed by atoms with Crippen molar-refractivity contribution in [1.29, 1.82) is 0 Å². The molecule has 1 unspecified atom stereocenters. The van der Waals surface area contributed by atoms with Crippen molar-refractivity contribution in [3.05, 3.63) is 72.4 Å². The number of pyridine rings is 1. The summed E-state index contributed by atoms with van der Waals surface area (Å²) < 4.78 is 20.2. The molecule has 0 spiro atoms. The molecule has 3 nitrogen and oxygen atoms in total. The number of benzene rings is 2. The van der Waals surface area contributed by atoms with Crippen LogP contribution in [0.5, 0.6) is 5.75 Å². The van der Waals surface area contributed by atoms with Crippen LogP contribution < -0.4 is 4.74 Å². The molecule has 0 saturated heterocycles. The van der Waals surface area contributed by atoms with Gasteiger partial charge in [-0.2, -0.15) is 0 Å². The van der Waals surface area contributed by atoms with Crippen LogP contribution in [0, 0.1) is 0 Å². The van der Waals surface area contributed by atoms with Gasteiger partial charge in [-0.3, -0.25) is 4.98 Å². The summed E-state index contributed by atoms with van der Waals surface area (Å²) >= 11 is 0. The molecule has 1 aromatic heterocycles. The second-order valence-electron chi connectivity index (χ2n) is 9.48. The number of nitrogens with zero attached hydrogens (tertiary/aromatic N) is 1. The first kappa shape index (κ1) is 26.6. The summed E-state index contributed by atoms with van der Waals surface area (Å²) in [5, 5.41) is 0. The Kier molecular flexibility index (Phi) is 10.0. The minimum atomic E-state index is -1.98. The first-order valence-corrected chi connectivity index (χ1v) is 13.0. The Morgan fingerprint density at radius 1 is 0.857 bits per heavy atom. The van der Waals surface area contributed by atoms with Crippen LogP contribution in [0.25, 0.3) is 22.4 Å². The van der Waals surface area contributed by atoms with Crippen molar-refractivity contribution in [1.82, 2.24) is 4.98 Å². The number of aromatic nitrogens is 1. The maximum atomic E-state index is 14.8. The predicted molar refractivity (Wildman–Crippen MR) is 142 cm³/mol. The third-order valence-electron chi connectivity index (χ3n) is 6.40. The molecule has 0 aliphatic heterocycles. The van der Waals surface area contributed by atoms with Gasteiger partial charge >= 0.3 is 5.97 Å². The molecule has 0 radical (unpaired) electrons. The average molecular weight is 476 g/mol. The quantitative estimate of drug-likeness (QED) is 0.141. The zero-order chi connectivity index (χ0) is 25.1. The van der Waals surface area contributed by atoms with Gasteiger partial charge in [0.25, 0.3) is 0 Å². The summed E-state index contributed by atoms with van der Waals surface area (Å²) in [5.41, 5.74) is 3.27. The summed E-state index contributed by atoms with van der Waals surface area (Å²) in [7, 11) is 0. The molecule has 4 heteroatoms. The van der Waals surface area contributed by atoms with Crippen molar-refractivity contribution in [2.24, 2.45) is 0 Å². The normalized spacial score (nSPS) is 12.8. The van der Waals surface area contributed by atoms with Gasteiger partial charge in [0.15, 0.2) is 0 Å². The van der Waals surface area contributed by atoms with Gasteiger partial charge in [0.1, 0.15) is 5.75 Å². The van der Waals surface area contributed by atoms with Gasteiger partial charge in [0.2, 0.25) is 5.67 Å². The van der Waals surface area contributed by atoms with Gasteiger partial charge in [-0.15, -0.1) is 0 Å². The number of halogens is 1. The van der Waals surface area contributed by atoms with Crippen LogP contribution in [0.3, 0.4) is 0 Å². The Bertz CT molecular complexity index is 1060. The highest BCUT2D eigenvalue weighted by atomic mass is 19.1. The molecular weight excluding hydrogens is 437 g/mol. The van der Waals surface area contributed by atoms with E-state index in [0.29, 0.717) is 12.2 Å². The molecule has 0 fully saturated rings. The lowest BCUT2D eigenvalue weighted by Gasteiger charge is -2.18. The number of carbonyl (C=O) groups excluding carboxylic acids is 1. The molecule has 186 valence electrons. The van der Waals surface area contributed by atoms with Crippen LogP contribution in [0.2, 0.25) is 0 Å². The van der Waals surface area contributed by atoms with Crippen molar-refractivity contribution in [2.75, 3.05) is 0 Å². The van der Waals surface area contributed by atoms with E-state index in [1.165, 1.54) is 31.7 Å². The number of ether oxygens (including phenoxy) is 1. The summed E-state index contributed by atoms with van der Waals surface area (Å²) in [6, 6.07) is 19.6. The second-order valence-corrected chi connectivity index (χ2v) is 9.48. The van der Waals surface area contributed by atoms with Crippen molar-refractivity contribution >= 4 is 5.97 Å². The molecule has 1 heterocycles. The smallest absolute Gasteiger partial charge is 0.348 e. The average Bonchev–Trinajstić information content (AvgIpc) is 2.88. The lowest BCUT2D eigenvalue weighted by atomic mass is 9.97. The highest BCUT2D eigenvalue weighted by Crippen LogP contribution is 2.32. The monoisotopic (exact) mass is 475 g/mol. The van der Waals surface area contributed by atoms with Gasteiger partial charge in [-0.05, 0) is 67.5 Å². The lowest BCUT2D eigenvalue weighted by molar-refractivity contribution is -0.147. The predicted octanol–water partition coefficient (Wildman–Crippen LogP) is 8.75. The number of alkyl halides is 1. The molecule has 1 atom stereocenters. The Morgan fingerprint density at radius 3 is 2.20 bits per heavy atom. The van der Waals surface area contributed by atoms with Crippen molar-refractivity contribution in [2.45, 2.75) is 84.2 Å². The van der Waals surface area contributed by atoms with Crippen LogP contribution in [0.1, 0.15) is 77.7 Å². The lowest BCUT2D eigenvalue weighted by Crippen LogP contribution is -2.34. The van der Waals surface area contributed by atoms with E-state index >= 15 is 0 Å². The molecule has 0 amide bonds. The van der Waals surface area contributed by atoms with E-state index in [0.717, 1.165) is 48.1 Å². The number of aryl methyl sites for hydroxylation is 1. The van der Waals surface area contributed by atoms with E-state index in [1.807, 2.05) is 30.5 Å². The van der Waals surface area contributed by atoms with Crippen LogP contribution in [-0.2, 0) is 11.2 Å². The van der Waals surface area contributed by atoms with Gasteiger partial charge in [-0.25, -0.2) is 9.18 Å². The summed E-state index contributed by atoms with van der Waals surface area (Å²) in [6.07, 6.45) is 10.6. The molecular formula is C31H38FNO2. The fraction of sp³-hybridized carbons (Fsp3) is 0.419. The molecule has 3 aromatic rings. The minimum Gasteiger partial charge on any atom is -0.424 e. The van der Waals surface area contributed by atoms with Crippen molar-refractivity contribution in [3.8, 4) is 28.1 Å². The van der Waals surface area contributed by atoms with Crippen molar-refractivity contribution < 1.29 is 13.9 Å². The third kappa shape index (κ3) is 7.74. The number of esters is 1. The van der Waals surface area contributed by atoms with Crippen LogP contribution in [-0.4, -0.2) is 16.6 Å². The van der Waals surface area contributed by atoms with E-state index in [4.69, 9.17) is 9.72 Å². The minimum absolute atomic E-state index is 0.182. The highest BCUT2D eigenvalue weighted by molar-refractivity contribution is 5.83. The van der Waals surface area contributed by atoms with Gasteiger partial charge in [-0.1, -0.05) is 88.4 Å². The van der Waals surface area contributed by atoms with Gasteiger partial charge in [0.05, 0.1) is 5.69 Å². The Labute approximate surface area is 209 Å². The highest BCUT2D eigenvalue weighted by Gasteiger charge is 2.34. The zero-order valence-corrected chi connectivity index (χ0v) is 21.4. The number of unbranched alkanes of at least 4 members (excludes halogenated alkanes) is 5. The van der Waals surface area contributed by atoms with Crippen LogP contribution in [0.4, 0.5) is 4.39 Å². The van der Waals surface area contributed by atoms with E-state index < -0.39 is 11.6 Å². The fourth-order valence-corrected chi connectivity index (χ4v) is 4.17. The third-order valence-corrected chi connectivity index (χ3v) is 6.40. The Hall–Kier alpha value is -3.01. The molecule has 0 N–H and O–H groups in total. The van der Waals surface area contributed by atoms with E-state index in [1.54, 1.807) is 12.1 Å². The van der Waals surface area contributed by atoms with E-state index in [9.17, 15) is 9.18 Å². The molecule has 0 aliphatic carbocycles. The topological polar surface area (TPSA) is 39.2 Å². The molecule has 3 rings (SSSR count). The number of hydrogen-bond donors (Lipinski definition) is 0. The van der Waals surface area contributed by atoms with Gasteiger partial charge < -0.3 is 4.74 Å². The number of hydrogen-bond acceptors (Lipinski definition) is 3. The van der Waals surface area contributed by atoms with Crippen LogP contribution >= 0.6 is 0 Å². The summed E-state index contributed by atoms with van der Waals surface area (Å²) in [4.78, 5) is 17.1. The molecule has 0 saturated carbocycles. The molecule has 35 heavy (non-hydrogen) atoms. The number of carbonyl (C=O) groups is 1. The second kappa shape index (κ2) is 13.2. The summed E-state index contributed by atoms with van der Waals surface area (Å²) in [5.74, 6) is -0.478. The zero-order valence-electron chi connectivity index (χ0n) is 21.4. The first-order valence-electron chi connectivity index (χ1n) is 13.0. The summed E-state index contributed by atoms with van der Waals surface area (Å²) in [6.45, 7) is 5.63. The first-order chi connectivity index (χ1) is 16.9. The van der Waals surface area contributed by atoms with Gasteiger partial charge in [0, 0.05) is 11.8 Å². The molecule has 2 aromatic carbocycles. The maximum Gasteiger partial charge on any atom is 0.348 e. The Balaban J connectivity index is 1.69. The largest absolute Gasteiger partial charge is 0.424 e. The van der Waals surface area contributed by atoms with E-state index in [-0.39, 0.29) is 6.42 Å². The van der Waals surface area contributed by atoms with Crippen LogP contribution in [0.15, 0.2) is 66.9 Å². The Morgan fingerprint density at radius 2 is 1.54 bits per heavy atom. The fourth-order valence-electron chi connectivity index (χ4n) is 4.17. The van der Waals surface area contributed by atoms with Crippen molar-refractivity contribution in [3.63, 3.8) is 0 Å². The molecule has 0 bridgehead atoms.